The van der Waals surface area contributed by atoms with E-state index in [1.165, 1.54) is 24.3 Å². The van der Waals surface area contributed by atoms with Crippen LogP contribution in [0.5, 0.6) is 0 Å². The van der Waals surface area contributed by atoms with Crippen LogP contribution in [0.4, 0.5) is 5.69 Å². The third-order valence-electron chi connectivity index (χ3n) is 3.98. The lowest BCUT2D eigenvalue weighted by Crippen LogP contribution is -2.22. The number of nitro benzene ring substituents is 1. The number of carbonyl (C=O) groups is 1. The highest BCUT2D eigenvalue weighted by molar-refractivity contribution is 5.86. The Balaban J connectivity index is 2.08. The average molecular weight is 336 g/mol. The van der Waals surface area contributed by atoms with Gasteiger partial charge in [0.15, 0.2) is 0 Å². The predicted molar refractivity (Wildman–Crippen MR) is 89.5 cm³/mol. The van der Waals surface area contributed by atoms with Gasteiger partial charge in [0.2, 0.25) is 0 Å². The number of rotatable bonds is 4. The third-order valence-corrected chi connectivity index (χ3v) is 3.98. The van der Waals surface area contributed by atoms with Gasteiger partial charge in [0.25, 0.3) is 5.69 Å². The van der Waals surface area contributed by atoms with Crippen molar-refractivity contribution in [2.75, 3.05) is 0 Å². The van der Waals surface area contributed by atoms with Crippen LogP contribution in [0.15, 0.2) is 48.5 Å². The molecule has 0 saturated carbocycles. The van der Waals surface area contributed by atoms with E-state index in [2.05, 4.69) is 5.10 Å². The first-order valence-corrected chi connectivity index (χ1v) is 7.51. The van der Waals surface area contributed by atoms with Gasteiger partial charge < -0.3 is 9.90 Å². The van der Waals surface area contributed by atoms with Crippen molar-refractivity contribution < 1.29 is 14.8 Å². The maximum atomic E-state index is 11.0. The van der Waals surface area contributed by atoms with E-state index in [-0.39, 0.29) is 11.3 Å². The Hall–Kier alpha value is -3.48. The van der Waals surface area contributed by atoms with Gasteiger partial charge in [-0.25, -0.2) is 4.68 Å². The number of aromatic nitrogens is 2. The normalized spacial score (nSPS) is 10.6. The molecule has 0 saturated heterocycles. The van der Waals surface area contributed by atoms with Gasteiger partial charge in [0.1, 0.15) is 0 Å². The Morgan fingerprint density at radius 1 is 1.12 bits per heavy atom. The number of nitrogens with zero attached hydrogens (tertiary/aromatic N) is 3. The van der Waals surface area contributed by atoms with E-state index in [4.69, 9.17) is 0 Å². The van der Waals surface area contributed by atoms with Crippen molar-refractivity contribution in [3.63, 3.8) is 0 Å². The van der Waals surface area contributed by atoms with E-state index in [9.17, 15) is 20.0 Å². The Bertz CT molecular complexity index is 974. The van der Waals surface area contributed by atoms with E-state index < -0.39 is 10.9 Å². The van der Waals surface area contributed by atoms with Gasteiger partial charge in [0, 0.05) is 23.4 Å². The summed E-state index contributed by atoms with van der Waals surface area (Å²) in [5.41, 5.74) is 3.85. The molecule has 1 aromatic heterocycles. The molecule has 3 aromatic rings. The van der Waals surface area contributed by atoms with E-state index in [0.717, 1.165) is 17.0 Å². The Labute approximate surface area is 143 Å². The summed E-state index contributed by atoms with van der Waals surface area (Å²) < 4.78 is 1.68. The molecule has 0 radical (unpaired) electrons. The first kappa shape index (κ1) is 16.4. The number of carboxylic acid groups (broad SMARTS) is 1. The molecule has 0 unspecified atom stereocenters. The number of nitro groups is 1. The van der Waals surface area contributed by atoms with Crippen molar-refractivity contribution in [2.45, 2.75) is 13.8 Å². The summed E-state index contributed by atoms with van der Waals surface area (Å²) in [7, 11) is 0. The largest absolute Gasteiger partial charge is 0.545 e. The Kier molecular flexibility index (Phi) is 4.06. The summed E-state index contributed by atoms with van der Waals surface area (Å²) in [6, 6.07) is 12.6. The van der Waals surface area contributed by atoms with Gasteiger partial charge in [-0.15, -0.1) is 0 Å². The topological polar surface area (TPSA) is 101 Å². The first-order valence-electron chi connectivity index (χ1n) is 7.51. The van der Waals surface area contributed by atoms with Gasteiger partial charge >= 0.3 is 0 Å². The van der Waals surface area contributed by atoms with E-state index in [1.807, 2.05) is 13.8 Å². The fourth-order valence-electron chi connectivity index (χ4n) is 2.83. The molecule has 126 valence electrons. The molecule has 0 atom stereocenters. The van der Waals surface area contributed by atoms with Crippen LogP contribution in [0.25, 0.3) is 16.8 Å². The standard InChI is InChI=1S/C18H15N3O4/c1-11-17(14-4-3-5-16(10-14)21(24)25)12(2)20(19-11)15-8-6-13(7-9-15)18(22)23/h3-10H,1-2H3,(H,22,23)/p-1. The molecule has 0 bridgehead atoms. The van der Waals surface area contributed by atoms with Crippen molar-refractivity contribution in [2.24, 2.45) is 0 Å². The minimum atomic E-state index is -1.24. The number of aromatic carboxylic acids is 1. The van der Waals surface area contributed by atoms with Gasteiger partial charge in [-0.1, -0.05) is 24.3 Å². The quantitative estimate of drug-likeness (QED) is 0.538. The highest BCUT2D eigenvalue weighted by Crippen LogP contribution is 2.30. The number of carbonyl (C=O) groups excluding carboxylic acids is 1. The number of hydrogen-bond donors (Lipinski definition) is 0. The van der Waals surface area contributed by atoms with Crippen molar-refractivity contribution >= 4 is 11.7 Å². The van der Waals surface area contributed by atoms with Crippen LogP contribution < -0.4 is 5.11 Å². The van der Waals surface area contributed by atoms with Crippen LogP contribution in [-0.2, 0) is 0 Å². The minimum absolute atomic E-state index is 0.0161. The van der Waals surface area contributed by atoms with Crippen LogP contribution in [0.1, 0.15) is 21.7 Å². The maximum absolute atomic E-state index is 11.0. The third kappa shape index (κ3) is 2.99. The summed E-state index contributed by atoms with van der Waals surface area (Å²) in [5.74, 6) is -1.24. The first-order chi connectivity index (χ1) is 11.9. The van der Waals surface area contributed by atoms with E-state index in [1.54, 1.807) is 28.9 Å². The molecule has 0 amide bonds. The number of carboxylic acids is 1. The zero-order chi connectivity index (χ0) is 18.1. The SMILES string of the molecule is Cc1nn(-c2ccc(C(=O)[O-])cc2)c(C)c1-c1cccc([N+](=O)[O-])c1. The smallest absolute Gasteiger partial charge is 0.270 e. The lowest BCUT2D eigenvalue weighted by Gasteiger charge is -2.08. The second-order valence-corrected chi connectivity index (χ2v) is 5.60. The van der Waals surface area contributed by atoms with Crippen molar-refractivity contribution in [1.82, 2.24) is 9.78 Å². The van der Waals surface area contributed by atoms with Crippen LogP contribution >= 0.6 is 0 Å². The zero-order valence-electron chi connectivity index (χ0n) is 13.6. The van der Waals surface area contributed by atoms with Crippen molar-refractivity contribution in [3.05, 3.63) is 75.6 Å². The monoisotopic (exact) mass is 336 g/mol. The van der Waals surface area contributed by atoms with Gasteiger partial charge in [-0.05, 0) is 37.1 Å². The van der Waals surface area contributed by atoms with Crippen molar-refractivity contribution in [1.29, 1.82) is 0 Å². The van der Waals surface area contributed by atoms with Crippen LogP contribution in [0.3, 0.4) is 0 Å². The Morgan fingerprint density at radius 3 is 2.40 bits per heavy atom. The van der Waals surface area contributed by atoms with Crippen LogP contribution in [0, 0.1) is 24.0 Å². The van der Waals surface area contributed by atoms with Crippen molar-refractivity contribution in [3.8, 4) is 16.8 Å². The van der Waals surface area contributed by atoms with E-state index in [0.29, 0.717) is 11.3 Å². The summed E-state index contributed by atoms with van der Waals surface area (Å²) >= 11 is 0. The summed E-state index contributed by atoms with van der Waals surface area (Å²) in [5, 5.41) is 26.3. The minimum Gasteiger partial charge on any atom is -0.545 e. The van der Waals surface area contributed by atoms with E-state index >= 15 is 0 Å². The fraction of sp³-hybridized carbons (Fsp3) is 0.111. The maximum Gasteiger partial charge on any atom is 0.270 e. The molecular weight excluding hydrogens is 322 g/mol. The second-order valence-electron chi connectivity index (χ2n) is 5.60. The van der Waals surface area contributed by atoms with Crippen LogP contribution in [-0.4, -0.2) is 20.7 Å². The lowest BCUT2D eigenvalue weighted by molar-refractivity contribution is -0.384. The molecule has 7 nitrogen and oxygen atoms in total. The zero-order valence-corrected chi connectivity index (χ0v) is 13.6. The molecule has 2 aromatic carbocycles. The second kappa shape index (κ2) is 6.20. The number of non-ortho nitro benzene ring substituents is 1. The molecular formula is C18H14N3O4-. The summed E-state index contributed by atoms with van der Waals surface area (Å²) in [4.78, 5) is 21.4. The molecule has 0 spiro atoms. The molecule has 0 aliphatic heterocycles. The summed E-state index contributed by atoms with van der Waals surface area (Å²) in [6.45, 7) is 3.69. The highest BCUT2D eigenvalue weighted by Gasteiger charge is 2.16. The lowest BCUT2D eigenvalue weighted by atomic mass is 10.0. The molecule has 7 heteroatoms. The average Bonchev–Trinajstić information content (AvgIpc) is 2.89. The molecule has 0 aliphatic rings. The fourth-order valence-corrected chi connectivity index (χ4v) is 2.83. The molecule has 0 fully saturated rings. The molecule has 0 N–H and O–H groups in total. The number of aryl methyl sites for hydroxylation is 1. The molecule has 25 heavy (non-hydrogen) atoms. The number of benzene rings is 2. The molecule has 1 heterocycles. The predicted octanol–water partition coefficient (Wildman–Crippen LogP) is 2.43. The molecule has 3 rings (SSSR count). The van der Waals surface area contributed by atoms with Gasteiger partial charge in [0.05, 0.1) is 22.3 Å². The van der Waals surface area contributed by atoms with Gasteiger partial charge in [-0.2, -0.15) is 5.10 Å². The summed E-state index contributed by atoms with van der Waals surface area (Å²) in [6.07, 6.45) is 0. The van der Waals surface area contributed by atoms with Gasteiger partial charge in [-0.3, -0.25) is 10.1 Å². The Morgan fingerprint density at radius 2 is 1.80 bits per heavy atom. The van der Waals surface area contributed by atoms with Crippen LogP contribution in [0.2, 0.25) is 0 Å². The molecule has 0 aliphatic carbocycles. The highest BCUT2D eigenvalue weighted by atomic mass is 16.6. The number of hydrogen-bond acceptors (Lipinski definition) is 5.